The van der Waals surface area contributed by atoms with Crippen LogP contribution in [0.3, 0.4) is 0 Å². The van der Waals surface area contributed by atoms with Crippen molar-refractivity contribution in [2.45, 2.75) is 12.8 Å². The van der Waals surface area contributed by atoms with Crippen LogP contribution in [0.4, 0.5) is 11.4 Å². The standard InChI is InChI=1S/C15H24N4O/c1-17-15(20)12-3-4-14(13(16)9-12)18-10-11-5-7-19(2)8-6-11/h3-4,9,11,18H,5-8,10,16H2,1-2H3,(H,17,20). The van der Waals surface area contributed by atoms with Gasteiger partial charge in [-0.2, -0.15) is 0 Å². The Bertz CT molecular complexity index is 467. The first kappa shape index (κ1) is 14.7. The van der Waals surface area contributed by atoms with Crippen LogP contribution in [0.2, 0.25) is 0 Å². The molecule has 0 aromatic heterocycles. The third-order valence-corrected chi connectivity index (χ3v) is 3.96. The summed E-state index contributed by atoms with van der Waals surface area (Å²) in [7, 11) is 3.78. The molecule has 0 aliphatic carbocycles. The van der Waals surface area contributed by atoms with Crippen molar-refractivity contribution in [2.24, 2.45) is 5.92 Å². The SMILES string of the molecule is CNC(=O)c1ccc(NCC2CCN(C)CC2)c(N)c1. The van der Waals surface area contributed by atoms with Gasteiger partial charge in [0.1, 0.15) is 0 Å². The molecule has 1 heterocycles. The minimum atomic E-state index is -0.112. The Morgan fingerprint density at radius 1 is 1.40 bits per heavy atom. The number of amides is 1. The number of rotatable bonds is 4. The number of anilines is 2. The lowest BCUT2D eigenvalue weighted by Crippen LogP contribution is -2.33. The van der Waals surface area contributed by atoms with Crippen molar-refractivity contribution in [3.05, 3.63) is 23.8 Å². The molecule has 5 nitrogen and oxygen atoms in total. The summed E-state index contributed by atoms with van der Waals surface area (Å²) in [6, 6.07) is 5.40. The maximum Gasteiger partial charge on any atom is 0.251 e. The number of carbonyl (C=O) groups is 1. The molecule has 110 valence electrons. The van der Waals surface area contributed by atoms with Crippen LogP contribution in [0.5, 0.6) is 0 Å². The second-order valence-electron chi connectivity index (χ2n) is 5.51. The van der Waals surface area contributed by atoms with E-state index in [9.17, 15) is 4.79 Å². The summed E-state index contributed by atoms with van der Waals surface area (Å²) >= 11 is 0. The number of nitrogens with one attached hydrogen (secondary N) is 2. The van der Waals surface area contributed by atoms with Gasteiger partial charge in [-0.25, -0.2) is 0 Å². The highest BCUT2D eigenvalue weighted by atomic mass is 16.1. The van der Waals surface area contributed by atoms with Crippen molar-refractivity contribution < 1.29 is 4.79 Å². The Balaban J connectivity index is 1.91. The van der Waals surface area contributed by atoms with Gasteiger partial charge in [0.2, 0.25) is 0 Å². The first-order valence-electron chi connectivity index (χ1n) is 7.14. The second-order valence-corrected chi connectivity index (χ2v) is 5.51. The Labute approximate surface area is 120 Å². The lowest BCUT2D eigenvalue weighted by atomic mass is 9.97. The monoisotopic (exact) mass is 276 g/mol. The predicted octanol–water partition coefficient (Wildman–Crippen LogP) is 1.38. The molecule has 2 rings (SSSR count). The molecule has 0 atom stereocenters. The van der Waals surface area contributed by atoms with Gasteiger partial charge >= 0.3 is 0 Å². The van der Waals surface area contributed by atoms with E-state index in [4.69, 9.17) is 5.73 Å². The molecule has 0 unspecified atom stereocenters. The molecule has 1 aromatic carbocycles. The first-order valence-corrected chi connectivity index (χ1v) is 7.14. The van der Waals surface area contributed by atoms with Crippen molar-refractivity contribution in [3.8, 4) is 0 Å². The van der Waals surface area contributed by atoms with E-state index in [0.717, 1.165) is 25.3 Å². The number of nitrogens with zero attached hydrogens (tertiary/aromatic N) is 1. The zero-order chi connectivity index (χ0) is 14.5. The number of hydrogen-bond acceptors (Lipinski definition) is 4. The van der Waals surface area contributed by atoms with E-state index in [-0.39, 0.29) is 5.91 Å². The van der Waals surface area contributed by atoms with Gasteiger partial charge in [-0.05, 0) is 57.1 Å². The minimum absolute atomic E-state index is 0.112. The van der Waals surface area contributed by atoms with E-state index in [1.165, 1.54) is 12.8 Å². The smallest absolute Gasteiger partial charge is 0.251 e. The van der Waals surface area contributed by atoms with E-state index in [2.05, 4.69) is 22.6 Å². The summed E-state index contributed by atoms with van der Waals surface area (Å²) in [4.78, 5) is 13.9. The largest absolute Gasteiger partial charge is 0.397 e. The zero-order valence-corrected chi connectivity index (χ0v) is 12.3. The molecule has 5 heteroatoms. The van der Waals surface area contributed by atoms with Gasteiger partial charge in [0.15, 0.2) is 0 Å². The number of hydrogen-bond donors (Lipinski definition) is 3. The molecule has 0 spiro atoms. The molecule has 0 saturated carbocycles. The Kier molecular flexibility index (Phi) is 4.84. The predicted molar refractivity (Wildman–Crippen MR) is 83.0 cm³/mol. The Morgan fingerprint density at radius 3 is 2.70 bits per heavy atom. The summed E-state index contributed by atoms with van der Waals surface area (Å²) in [6.07, 6.45) is 2.44. The maximum atomic E-state index is 11.5. The Hall–Kier alpha value is -1.75. The van der Waals surface area contributed by atoms with Gasteiger partial charge in [-0.1, -0.05) is 0 Å². The van der Waals surface area contributed by atoms with Crippen LogP contribution < -0.4 is 16.4 Å². The number of piperidine rings is 1. The van der Waals surface area contributed by atoms with Crippen LogP contribution in [-0.4, -0.2) is 44.5 Å². The van der Waals surface area contributed by atoms with Gasteiger partial charge in [0, 0.05) is 19.2 Å². The molecule has 1 amide bonds. The third kappa shape index (κ3) is 3.63. The molecule has 4 N–H and O–H groups in total. The van der Waals surface area contributed by atoms with Crippen molar-refractivity contribution in [3.63, 3.8) is 0 Å². The van der Waals surface area contributed by atoms with E-state index in [1.807, 2.05) is 6.07 Å². The van der Waals surface area contributed by atoms with Gasteiger partial charge < -0.3 is 21.3 Å². The zero-order valence-electron chi connectivity index (χ0n) is 12.3. The van der Waals surface area contributed by atoms with E-state index >= 15 is 0 Å². The number of benzene rings is 1. The lowest BCUT2D eigenvalue weighted by molar-refractivity contribution is 0.0963. The number of nitrogens with two attached hydrogens (primary N) is 1. The van der Waals surface area contributed by atoms with Crippen molar-refractivity contribution in [1.82, 2.24) is 10.2 Å². The van der Waals surface area contributed by atoms with Crippen LogP contribution in [0.1, 0.15) is 23.2 Å². The maximum absolute atomic E-state index is 11.5. The molecule has 1 fully saturated rings. The van der Waals surface area contributed by atoms with Crippen molar-refractivity contribution in [2.75, 3.05) is 44.8 Å². The molecule has 1 aliphatic rings. The van der Waals surface area contributed by atoms with Gasteiger partial charge in [-0.15, -0.1) is 0 Å². The van der Waals surface area contributed by atoms with Gasteiger partial charge in [0.05, 0.1) is 11.4 Å². The van der Waals surface area contributed by atoms with Crippen molar-refractivity contribution >= 4 is 17.3 Å². The van der Waals surface area contributed by atoms with Gasteiger partial charge in [0.25, 0.3) is 5.91 Å². The molecular formula is C15H24N4O. The van der Waals surface area contributed by atoms with E-state index < -0.39 is 0 Å². The minimum Gasteiger partial charge on any atom is -0.397 e. The van der Waals surface area contributed by atoms with E-state index in [1.54, 1.807) is 19.2 Å². The van der Waals surface area contributed by atoms with Crippen molar-refractivity contribution in [1.29, 1.82) is 0 Å². The van der Waals surface area contributed by atoms with E-state index in [0.29, 0.717) is 17.2 Å². The highest BCUT2D eigenvalue weighted by molar-refractivity contribution is 5.95. The van der Waals surface area contributed by atoms with Gasteiger partial charge in [-0.3, -0.25) is 4.79 Å². The normalized spacial score (nSPS) is 16.9. The lowest BCUT2D eigenvalue weighted by Gasteiger charge is -2.29. The fourth-order valence-electron chi connectivity index (χ4n) is 2.53. The number of nitrogen functional groups attached to an aromatic ring is 1. The third-order valence-electron chi connectivity index (χ3n) is 3.96. The first-order chi connectivity index (χ1) is 9.60. The van der Waals surface area contributed by atoms with Crippen LogP contribution >= 0.6 is 0 Å². The van der Waals surface area contributed by atoms with Crippen LogP contribution in [-0.2, 0) is 0 Å². The molecule has 1 aromatic rings. The summed E-state index contributed by atoms with van der Waals surface area (Å²) in [5.41, 5.74) is 8.13. The summed E-state index contributed by atoms with van der Waals surface area (Å²) in [5.74, 6) is 0.586. The quantitative estimate of drug-likeness (QED) is 0.727. The summed E-state index contributed by atoms with van der Waals surface area (Å²) < 4.78 is 0. The Morgan fingerprint density at radius 2 is 2.10 bits per heavy atom. The second kappa shape index (κ2) is 6.61. The van der Waals surface area contributed by atoms with Crippen LogP contribution in [0.15, 0.2) is 18.2 Å². The molecular weight excluding hydrogens is 252 g/mol. The number of likely N-dealkylation sites (tertiary alicyclic amines) is 1. The number of carbonyl (C=O) groups excluding carboxylic acids is 1. The highest BCUT2D eigenvalue weighted by Gasteiger charge is 2.16. The molecule has 1 saturated heterocycles. The summed E-state index contributed by atoms with van der Waals surface area (Å²) in [6.45, 7) is 3.27. The van der Waals surface area contributed by atoms with Crippen LogP contribution in [0.25, 0.3) is 0 Å². The molecule has 1 aliphatic heterocycles. The molecule has 20 heavy (non-hydrogen) atoms. The topological polar surface area (TPSA) is 70.4 Å². The highest BCUT2D eigenvalue weighted by Crippen LogP contribution is 2.22. The fraction of sp³-hybridized carbons (Fsp3) is 0.533. The molecule has 0 bridgehead atoms. The summed E-state index contributed by atoms with van der Waals surface area (Å²) in [5, 5.41) is 6.00. The molecule has 0 radical (unpaired) electrons. The average Bonchev–Trinajstić information content (AvgIpc) is 2.46. The average molecular weight is 276 g/mol. The van der Waals surface area contributed by atoms with Crippen LogP contribution in [0, 0.1) is 5.92 Å². The fourth-order valence-corrected chi connectivity index (χ4v) is 2.53.